The maximum Gasteiger partial charge on any atom is 0.404 e. The molecule has 1 aliphatic carbocycles. The summed E-state index contributed by atoms with van der Waals surface area (Å²) in [5.41, 5.74) is 1.17. The van der Waals surface area contributed by atoms with Crippen LogP contribution in [0.25, 0.3) is 0 Å². The first-order valence-electron chi connectivity index (χ1n) is 9.04. The Morgan fingerprint density at radius 3 is 3.04 bits per heavy atom. The Labute approximate surface area is 151 Å². The van der Waals surface area contributed by atoms with Crippen molar-refractivity contribution >= 4 is 23.7 Å². The zero-order valence-corrected chi connectivity index (χ0v) is 14.5. The predicted molar refractivity (Wildman–Crippen MR) is 96.8 cm³/mol. The Kier molecular flexibility index (Phi) is 4.59. The third-order valence-corrected chi connectivity index (χ3v) is 4.86. The largest absolute Gasteiger partial charge is 0.465 e. The molecule has 0 bridgehead atoms. The molecular formula is C17H23N7O2. The molecule has 9 heteroatoms. The summed E-state index contributed by atoms with van der Waals surface area (Å²) in [6.45, 7) is 2.08. The summed E-state index contributed by atoms with van der Waals surface area (Å²) < 4.78 is 0. The van der Waals surface area contributed by atoms with E-state index in [1.807, 2.05) is 12.1 Å². The highest BCUT2D eigenvalue weighted by molar-refractivity contribution is 5.64. The smallest absolute Gasteiger partial charge is 0.404 e. The van der Waals surface area contributed by atoms with Crippen LogP contribution in [-0.4, -0.2) is 51.0 Å². The summed E-state index contributed by atoms with van der Waals surface area (Å²) in [6, 6.07) is 3.86. The second-order valence-corrected chi connectivity index (χ2v) is 6.99. The van der Waals surface area contributed by atoms with E-state index in [0.717, 1.165) is 31.7 Å². The van der Waals surface area contributed by atoms with Gasteiger partial charge in [0, 0.05) is 43.5 Å². The molecular weight excluding hydrogens is 334 g/mol. The van der Waals surface area contributed by atoms with Gasteiger partial charge in [-0.15, -0.1) is 0 Å². The first-order chi connectivity index (χ1) is 12.7. The van der Waals surface area contributed by atoms with E-state index < -0.39 is 6.09 Å². The Hall–Kier alpha value is -2.84. The third kappa shape index (κ3) is 4.04. The molecule has 138 valence electrons. The number of anilines is 3. The molecule has 1 atom stereocenters. The van der Waals surface area contributed by atoms with Gasteiger partial charge < -0.3 is 20.6 Å². The maximum absolute atomic E-state index is 10.7. The van der Waals surface area contributed by atoms with Crippen LogP contribution in [0.5, 0.6) is 0 Å². The van der Waals surface area contributed by atoms with Gasteiger partial charge in [0.25, 0.3) is 0 Å². The molecule has 1 aliphatic heterocycles. The van der Waals surface area contributed by atoms with Gasteiger partial charge >= 0.3 is 6.09 Å². The molecule has 3 heterocycles. The van der Waals surface area contributed by atoms with E-state index in [1.165, 1.54) is 18.5 Å². The topological polar surface area (TPSA) is 119 Å². The Balaban J connectivity index is 1.40. The van der Waals surface area contributed by atoms with Gasteiger partial charge in [0.05, 0.1) is 0 Å². The highest BCUT2D eigenvalue weighted by atomic mass is 16.4. The number of nitrogens with one attached hydrogen (secondary N) is 3. The fraction of sp³-hybridized carbons (Fsp3) is 0.529. The minimum Gasteiger partial charge on any atom is -0.465 e. The monoisotopic (exact) mass is 357 g/mol. The molecule has 4 rings (SSSR count). The number of piperidine rings is 1. The van der Waals surface area contributed by atoms with Gasteiger partial charge in [0.2, 0.25) is 5.95 Å². The molecule has 26 heavy (non-hydrogen) atoms. The minimum absolute atomic E-state index is 0.271. The van der Waals surface area contributed by atoms with Crippen LogP contribution >= 0.6 is 0 Å². The first kappa shape index (κ1) is 16.6. The maximum atomic E-state index is 10.7. The summed E-state index contributed by atoms with van der Waals surface area (Å²) in [7, 11) is 0. The van der Waals surface area contributed by atoms with E-state index in [-0.39, 0.29) is 5.92 Å². The predicted octanol–water partition coefficient (Wildman–Crippen LogP) is 2.30. The van der Waals surface area contributed by atoms with Crippen LogP contribution in [-0.2, 0) is 0 Å². The van der Waals surface area contributed by atoms with Gasteiger partial charge in [0.15, 0.2) is 5.82 Å². The molecule has 1 amide bonds. The van der Waals surface area contributed by atoms with E-state index in [0.29, 0.717) is 24.2 Å². The van der Waals surface area contributed by atoms with Gasteiger partial charge in [0.1, 0.15) is 5.82 Å². The van der Waals surface area contributed by atoms with Gasteiger partial charge in [-0.1, -0.05) is 0 Å². The lowest BCUT2D eigenvalue weighted by molar-refractivity contribution is 0.191. The third-order valence-electron chi connectivity index (χ3n) is 4.86. The highest BCUT2D eigenvalue weighted by Gasteiger charge is 2.26. The van der Waals surface area contributed by atoms with Gasteiger partial charge in [-0.2, -0.15) is 10.1 Å². The van der Waals surface area contributed by atoms with E-state index in [1.54, 1.807) is 6.20 Å². The number of hydrogen-bond donors (Lipinski definition) is 4. The first-order valence-corrected chi connectivity index (χ1v) is 9.04. The van der Waals surface area contributed by atoms with Gasteiger partial charge in [-0.25, -0.2) is 9.78 Å². The number of hydrogen-bond acceptors (Lipinski definition) is 6. The summed E-state index contributed by atoms with van der Waals surface area (Å²) in [5, 5.41) is 21.8. The van der Waals surface area contributed by atoms with Crippen LogP contribution in [0.3, 0.4) is 0 Å². The zero-order chi connectivity index (χ0) is 17.9. The zero-order valence-electron chi connectivity index (χ0n) is 14.5. The van der Waals surface area contributed by atoms with Crippen molar-refractivity contribution in [2.24, 2.45) is 5.92 Å². The standard InChI is InChI=1S/C17H23N7O2/c25-17(26)19-9-11-2-1-7-24(10-11)16-18-6-5-14(21-16)20-15-8-13(22-23-15)12-3-4-12/h5-6,8,11-12,19H,1-4,7,9-10H2,(H,25,26)(H2,18,20,21,22,23)/t11-/m1/s1. The molecule has 0 spiro atoms. The van der Waals surface area contributed by atoms with Crippen molar-refractivity contribution in [3.63, 3.8) is 0 Å². The van der Waals surface area contributed by atoms with Crippen LogP contribution in [0.2, 0.25) is 0 Å². The molecule has 0 unspecified atom stereocenters. The van der Waals surface area contributed by atoms with Crippen LogP contribution in [0.15, 0.2) is 18.3 Å². The fourth-order valence-electron chi connectivity index (χ4n) is 3.35. The SMILES string of the molecule is O=C(O)NC[C@H]1CCCN(c2nccc(Nc3cc(C4CC4)[nH]n3)n2)C1. The van der Waals surface area contributed by atoms with Crippen LogP contribution in [0.1, 0.15) is 37.3 Å². The van der Waals surface area contributed by atoms with Gasteiger partial charge in [-0.05, 0) is 37.7 Å². The molecule has 0 radical (unpaired) electrons. The van der Waals surface area contributed by atoms with E-state index in [9.17, 15) is 4.79 Å². The van der Waals surface area contributed by atoms with Crippen LogP contribution < -0.4 is 15.5 Å². The Morgan fingerprint density at radius 2 is 2.23 bits per heavy atom. The highest BCUT2D eigenvalue weighted by Crippen LogP contribution is 2.39. The van der Waals surface area contributed by atoms with Crippen LogP contribution in [0, 0.1) is 5.92 Å². The van der Waals surface area contributed by atoms with Crippen molar-refractivity contribution in [1.82, 2.24) is 25.5 Å². The Morgan fingerprint density at radius 1 is 1.35 bits per heavy atom. The number of aromatic amines is 1. The minimum atomic E-state index is -0.978. The molecule has 0 aromatic carbocycles. The summed E-state index contributed by atoms with van der Waals surface area (Å²) in [5.74, 6) is 3.03. The molecule has 2 aromatic heterocycles. The van der Waals surface area contributed by atoms with E-state index >= 15 is 0 Å². The number of aromatic nitrogens is 4. The van der Waals surface area contributed by atoms with E-state index in [2.05, 4.69) is 35.7 Å². The lowest BCUT2D eigenvalue weighted by Crippen LogP contribution is -2.41. The number of nitrogens with zero attached hydrogens (tertiary/aromatic N) is 4. The lowest BCUT2D eigenvalue weighted by atomic mass is 9.98. The number of carboxylic acid groups (broad SMARTS) is 1. The molecule has 9 nitrogen and oxygen atoms in total. The van der Waals surface area contributed by atoms with Crippen molar-refractivity contribution in [2.45, 2.75) is 31.6 Å². The lowest BCUT2D eigenvalue weighted by Gasteiger charge is -2.32. The quantitative estimate of drug-likeness (QED) is 0.626. The number of carbonyl (C=O) groups is 1. The molecule has 2 fully saturated rings. The van der Waals surface area contributed by atoms with E-state index in [4.69, 9.17) is 5.11 Å². The summed E-state index contributed by atoms with van der Waals surface area (Å²) in [4.78, 5) is 21.8. The summed E-state index contributed by atoms with van der Waals surface area (Å²) >= 11 is 0. The fourth-order valence-corrected chi connectivity index (χ4v) is 3.35. The van der Waals surface area contributed by atoms with Crippen LogP contribution in [0.4, 0.5) is 22.4 Å². The van der Waals surface area contributed by atoms with Gasteiger partial charge in [-0.3, -0.25) is 5.10 Å². The normalized spacial score (nSPS) is 20.0. The molecule has 2 aromatic rings. The average molecular weight is 357 g/mol. The van der Waals surface area contributed by atoms with Crippen molar-refractivity contribution in [2.75, 3.05) is 29.9 Å². The summed E-state index contributed by atoms with van der Waals surface area (Å²) in [6.07, 6.45) is 5.22. The van der Waals surface area contributed by atoms with Crippen molar-refractivity contribution in [3.05, 3.63) is 24.0 Å². The number of amides is 1. The second-order valence-electron chi connectivity index (χ2n) is 6.99. The molecule has 4 N–H and O–H groups in total. The van der Waals surface area contributed by atoms with Crippen molar-refractivity contribution < 1.29 is 9.90 Å². The second kappa shape index (κ2) is 7.19. The molecule has 1 saturated heterocycles. The average Bonchev–Trinajstić information content (AvgIpc) is 3.40. The number of H-pyrrole nitrogens is 1. The Bertz CT molecular complexity index is 774. The molecule has 2 aliphatic rings. The van der Waals surface area contributed by atoms with Crippen molar-refractivity contribution in [3.8, 4) is 0 Å². The molecule has 1 saturated carbocycles. The number of rotatable bonds is 6. The van der Waals surface area contributed by atoms with Crippen molar-refractivity contribution in [1.29, 1.82) is 0 Å².